The Morgan fingerprint density at radius 1 is 0.943 bits per heavy atom. The first-order valence-corrected chi connectivity index (χ1v) is 13.6. The van der Waals surface area contributed by atoms with Crippen molar-refractivity contribution in [3.05, 3.63) is 90.5 Å². The van der Waals surface area contributed by atoms with Crippen molar-refractivity contribution >= 4 is 41.5 Å². The quantitative estimate of drug-likeness (QED) is 0.272. The van der Waals surface area contributed by atoms with Gasteiger partial charge in [0, 0.05) is 16.9 Å². The number of alkyl halides is 3. The maximum absolute atomic E-state index is 12.9. The molecule has 35 heavy (non-hydrogen) atoms. The molecular weight excluding hydrogens is 484 g/mol. The topological polar surface area (TPSA) is 24.1 Å². The normalized spacial score (nSPS) is 21.0. The third-order valence-electron chi connectivity index (χ3n) is 6.97. The summed E-state index contributed by atoms with van der Waals surface area (Å²) in [7, 11) is -0.604. The Labute approximate surface area is 212 Å². The second-order valence-electron chi connectivity index (χ2n) is 9.32. The van der Waals surface area contributed by atoms with Gasteiger partial charge in [-0.15, -0.1) is 0 Å². The molecule has 0 heterocycles. The molecule has 4 rings (SSSR count). The lowest BCUT2D eigenvalue weighted by molar-refractivity contribution is -0.137. The number of rotatable bonds is 6. The van der Waals surface area contributed by atoms with Gasteiger partial charge >= 0.3 is 6.18 Å². The van der Waals surface area contributed by atoms with Crippen molar-refractivity contribution in [1.29, 1.82) is 0 Å². The van der Waals surface area contributed by atoms with Crippen molar-refractivity contribution < 1.29 is 13.2 Å². The highest BCUT2D eigenvalue weighted by molar-refractivity contribution is 7.80. The van der Waals surface area contributed by atoms with Crippen LogP contribution in [0.2, 0.25) is 0 Å². The SMILES string of the molecule is C[C@H](NC(=S)Nc1ccc(C(F)(F)F)cc1)[C@H]1CCC[C@@]1(C)P(c1ccccc1)c1ccccc1. The summed E-state index contributed by atoms with van der Waals surface area (Å²) in [5.41, 5.74) is -0.139. The molecule has 0 radical (unpaired) electrons. The molecule has 2 nitrogen and oxygen atoms in total. The van der Waals surface area contributed by atoms with Gasteiger partial charge in [-0.3, -0.25) is 0 Å². The monoisotopic (exact) mass is 514 g/mol. The minimum absolute atomic E-state index is 0.0778. The molecule has 3 aromatic rings. The molecule has 1 saturated carbocycles. The molecule has 0 bridgehead atoms. The average molecular weight is 515 g/mol. The zero-order chi connectivity index (χ0) is 25.1. The first-order chi connectivity index (χ1) is 16.7. The van der Waals surface area contributed by atoms with Gasteiger partial charge in [0.15, 0.2) is 5.11 Å². The van der Waals surface area contributed by atoms with E-state index in [9.17, 15) is 13.2 Å². The molecule has 7 heteroatoms. The number of halogens is 3. The van der Waals surface area contributed by atoms with Gasteiger partial charge in [0.1, 0.15) is 0 Å². The lowest BCUT2D eigenvalue weighted by atomic mass is 9.90. The summed E-state index contributed by atoms with van der Waals surface area (Å²) in [6.07, 6.45) is -0.955. The molecule has 0 saturated heterocycles. The van der Waals surface area contributed by atoms with Crippen LogP contribution in [0, 0.1) is 5.92 Å². The van der Waals surface area contributed by atoms with E-state index in [1.165, 1.54) is 22.7 Å². The van der Waals surface area contributed by atoms with Crippen LogP contribution < -0.4 is 21.2 Å². The Kier molecular flexibility index (Phi) is 7.83. The molecule has 3 atom stereocenters. The molecule has 0 unspecified atom stereocenters. The minimum atomic E-state index is -4.35. The van der Waals surface area contributed by atoms with E-state index < -0.39 is 19.7 Å². The summed E-state index contributed by atoms with van der Waals surface area (Å²) in [5, 5.41) is 9.75. The van der Waals surface area contributed by atoms with E-state index in [4.69, 9.17) is 12.2 Å². The number of anilines is 1. The molecule has 0 aromatic heterocycles. The Bertz CT molecular complexity index is 1080. The average Bonchev–Trinajstić information content (AvgIpc) is 3.22. The first kappa shape index (κ1) is 25.7. The zero-order valence-electron chi connectivity index (χ0n) is 19.8. The molecule has 1 aliphatic carbocycles. The van der Waals surface area contributed by atoms with Crippen molar-refractivity contribution in [2.45, 2.75) is 50.5 Å². The van der Waals surface area contributed by atoms with Crippen molar-refractivity contribution in [2.75, 3.05) is 5.32 Å². The predicted molar refractivity (Wildman–Crippen MR) is 145 cm³/mol. The summed E-state index contributed by atoms with van der Waals surface area (Å²) in [4.78, 5) is 0. The number of benzene rings is 3. The predicted octanol–water partition coefficient (Wildman–Crippen LogP) is 7.07. The Balaban J connectivity index is 1.52. The number of hydrogen-bond acceptors (Lipinski definition) is 1. The third kappa shape index (κ3) is 5.87. The van der Waals surface area contributed by atoms with Crippen LogP contribution in [-0.2, 0) is 6.18 Å². The van der Waals surface area contributed by atoms with Gasteiger partial charge in [-0.2, -0.15) is 13.2 Å². The van der Waals surface area contributed by atoms with Gasteiger partial charge in [0.2, 0.25) is 0 Å². The number of nitrogens with one attached hydrogen (secondary N) is 2. The second kappa shape index (κ2) is 10.7. The van der Waals surface area contributed by atoms with E-state index in [0.29, 0.717) is 16.7 Å². The third-order valence-corrected chi connectivity index (χ3v) is 10.4. The highest BCUT2D eigenvalue weighted by atomic mass is 32.1. The van der Waals surface area contributed by atoms with E-state index in [0.717, 1.165) is 31.4 Å². The maximum Gasteiger partial charge on any atom is 0.416 e. The van der Waals surface area contributed by atoms with Gasteiger partial charge < -0.3 is 10.6 Å². The Morgan fingerprint density at radius 2 is 1.49 bits per heavy atom. The van der Waals surface area contributed by atoms with E-state index in [1.807, 2.05) is 0 Å². The smallest absolute Gasteiger partial charge is 0.360 e. The van der Waals surface area contributed by atoms with E-state index >= 15 is 0 Å². The largest absolute Gasteiger partial charge is 0.416 e. The van der Waals surface area contributed by atoms with Crippen molar-refractivity contribution in [3.8, 4) is 0 Å². The Hall–Kier alpha value is -2.43. The second-order valence-corrected chi connectivity index (χ2v) is 12.5. The standard InChI is InChI=1S/C28H30F3N2PS/c1-20(32-26(35)33-22-17-15-21(16-18-22)28(29,30)31)25-14-9-19-27(25,2)34(23-10-5-3-6-11-23)24-12-7-4-8-13-24/h3-8,10-13,15-18,20,25H,9,14,19H2,1-2H3,(H2,32,33,35)/t20-,25+,27+/m0/s1. The molecule has 2 N–H and O–H groups in total. The molecule has 1 fully saturated rings. The molecule has 1 aliphatic rings. The fourth-order valence-electron chi connectivity index (χ4n) is 5.35. The summed E-state index contributed by atoms with van der Waals surface area (Å²) in [5.74, 6) is 0.390. The first-order valence-electron chi connectivity index (χ1n) is 11.8. The summed E-state index contributed by atoms with van der Waals surface area (Å²) in [6, 6.07) is 26.6. The van der Waals surface area contributed by atoms with Crippen LogP contribution in [0.25, 0.3) is 0 Å². The van der Waals surface area contributed by atoms with Crippen LogP contribution in [0.4, 0.5) is 18.9 Å². The molecule has 184 valence electrons. The Morgan fingerprint density at radius 3 is 2.00 bits per heavy atom. The van der Waals surface area contributed by atoms with Crippen LogP contribution in [0.5, 0.6) is 0 Å². The van der Waals surface area contributed by atoms with Crippen LogP contribution >= 0.6 is 20.1 Å². The van der Waals surface area contributed by atoms with Crippen LogP contribution in [-0.4, -0.2) is 16.3 Å². The fraction of sp³-hybridized carbons (Fsp3) is 0.321. The zero-order valence-corrected chi connectivity index (χ0v) is 21.6. The van der Waals surface area contributed by atoms with Crippen LogP contribution in [0.3, 0.4) is 0 Å². The van der Waals surface area contributed by atoms with E-state index in [2.05, 4.69) is 85.1 Å². The van der Waals surface area contributed by atoms with Crippen LogP contribution in [0.15, 0.2) is 84.9 Å². The van der Waals surface area contributed by atoms with E-state index in [-0.39, 0.29) is 11.2 Å². The highest BCUT2D eigenvalue weighted by Crippen LogP contribution is 2.59. The molecule has 0 aliphatic heterocycles. The van der Waals surface area contributed by atoms with Crippen molar-refractivity contribution in [1.82, 2.24) is 5.32 Å². The minimum Gasteiger partial charge on any atom is -0.360 e. The summed E-state index contributed by atoms with van der Waals surface area (Å²) >= 11 is 5.54. The van der Waals surface area contributed by atoms with Gasteiger partial charge in [-0.1, -0.05) is 74.0 Å². The molecule has 0 spiro atoms. The van der Waals surface area contributed by atoms with Crippen molar-refractivity contribution in [2.24, 2.45) is 5.92 Å². The molecular formula is C28H30F3N2PS. The fourth-order valence-corrected chi connectivity index (χ4v) is 9.14. The van der Waals surface area contributed by atoms with Gasteiger partial charge in [0.05, 0.1) is 5.56 Å². The van der Waals surface area contributed by atoms with Crippen molar-refractivity contribution in [3.63, 3.8) is 0 Å². The highest BCUT2D eigenvalue weighted by Gasteiger charge is 2.48. The molecule has 0 amide bonds. The molecule has 3 aromatic carbocycles. The number of hydrogen-bond donors (Lipinski definition) is 2. The van der Waals surface area contributed by atoms with Gasteiger partial charge in [0.25, 0.3) is 0 Å². The summed E-state index contributed by atoms with van der Waals surface area (Å²) < 4.78 is 38.6. The lowest BCUT2D eigenvalue weighted by Gasteiger charge is -2.43. The van der Waals surface area contributed by atoms with E-state index in [1.54, 1.807) is 0 Å². The number of thiocarbonyl (C=S) groups is 1. The summed E-state index contributed by atoms with van der Waals surface area (Å²) in [6.45, 7) is 4.58. The van der Waals surface area contributed by atoms with Crippen LogP contribution in [0.1, 0.15) is 38.7 Å². The lowest BCUT2D eigenvalue weighted by Crippen LogP contribution is -2.48. The van der Waals surface area contributed by atoms with Gasteiger partial charge in [-0.25, -0.2) is 0 Å². The van der Waals surface area contributed by atoms with Gasteiger partial charge in [-0.05, 0) is 80.7 Å². The maximum atomic E-state index is 12.9.